The first-order valence-electron chi connectivity index (χ1n) is 8.81. The van der Waals surface area contributed by atoms with Crippen LogP contribution < -0.4 is 14.8 Å². The van der Waals surface area contributed by atoms with Crippen molar-refractivity contribution in [3.63, 3.8) is 0 Å². The molecule has 3 rings (SSSR count). The van der Waals surface area contributed by atoms with E-state index < -0.39 is 0 Å². The Morgan fingerprint density at radius 3 is 2.92 bits per heavy atom. The van der Waals surface area contributed by atoms with Crippen LogP contribution in [0.2, 0.25) is 0 Å². The Balaban J connectivity index is 1.38. The molecule has 1 aromatic rings. The number of likely N-dealkylation sites (tertiary alicyclic amines) is 1. The van der Waals surface area contributed by atoms with Gasteiger partial charge in [-0.3, -0.25) is 4.79 Å². The second kappa shape index (κ2) is 8.87. The summed E-state index contributed by atoms with van der Waals surface area (Å²) < 4.78 is 15.7. The van der Waals surface area contributed by atoms with E-state index in [-0.39, 0.29) is 12.7 Å². The number of benzene rings is 1. The van der Waals surface area contributed by atoms with Crippen LogP contribution in [0, 0.1) is 5.92 Å². The number of amides is 1. The van der Waals surface area contributed by atoms with E-state index in [0.717, 1.165) is 62.7 Å². The van der Waals surface area contributed by atoms with E-state index in [2.05, 4.69) is 10.2 Å². The van der Waals surface area contributed by atoms with Crippen LogP contribution in [-0.2, 0) is 9.53 Å². The van der Waals surface area contributed by atoms with Gasteiger partial charge in [-0.05, 0) is 55.6 Å². The van der Waals surface area contributed by atoms with Gasteiger partial charge in [-0.2, -0.15) is 0 Å². The van der Waals surface area contributed by atoms with Gasteiger partial charge in [-0.15, -0.1) is 0 Å². The maximum absolute atomic E-state index is 12.0. The Labute approximate surface area is 148 Å². The van der Waals surface area contributed by atoms with Crippen LogP contribution in [0.4, 0.5) is 0 Å². The zero-order valence-electron chi connectivity index (χ0n) is 14.7. The van der Waals surface area contributed by atoms with Gasteiger partial charge in [-0.1, -0.05) is 6.07 Å². The van der Waals surface area contributed by atoms with Crippen LogP contribution in [0.3, 0.4) is 0 Å². The number of hydrogen-bond donors (Lipinski definition) is 1. The molecule has 1 saturated heterocycles. The molecule has 0 atom stereocenters. The summed E-state index contributed by atoms with van der Waals surface area (Å²) in [6, 6.07) is 5.64. The van der Waals surface area contributed by atoms with Gasteiger partial charge in [0.2, 0.25) is 12.7 Å². The molecular formula is C19H26N2O4. The third kappa shape index (κ3) is 5.21. The van der Waals surface area contributed by atoms with Gasteiger partial charge in [0.05, 0.1) is 6.61 Å². The summed E-state index contributed by atoms with van der Waals surface area (Å²) in [6.45, 7) is 4.93. The second-order valence-corrected chi connectivity index (χ2v) is 6.47. The molecule has 2 aliphatic rings. The van der Waals surface area contributed by atoms with Gasteiger partial charge in [0, 0.05) is 26.3 Å². The molecule has 1 N–H and O–H groups in total. The Bertz CT molecular complexity index is 609. The molecule has 1 amide bonds. The molecule has 0 saturated carbocycles. The number of nitrogens with one attached hydrogen (secondary N) is 1. The molecular weight excluding hydrogens is 320 g/mol. The smallest absolute Gasteiger partial charge is 0.244 e. The van der Waals surface area contributed by atoms with E-state index in [9.17, 15) is 4.79 Å². The fourth-order valence-electron chi connectivity index (χ4n) is 3.13. The molecule has 2 heterocycles. The third-order valence-electron chi connectivity index (χ3n) is 4.71. The van der Waals surface area contributed by atoms with Gasteiger partial charge in [-0.25, -0.2) is 0 Å². The quantitative estimate of drug-likeness (QED) is 0.764. The van der Waals surface area contributed by atoms with Crippen LogP contribution in [0.1, 0.15) is 18.4 Å². The van der Waals surface area contributed by atoms with Crippen molar-refractivity contribution in [1.82, 2.24) is 10.2 Å². The average Bonchev–Trinajstić information content (AvgIpc) is 3.11. The summed E-state index contributed by atoms with van der Waals surface area (Å²) in [6.07, 6.45) is 5.61. The normalized spacial score (nSPS) is 18.0. The highest BCUT2D eigenvalue weighted by Crippen LogP contribution is 2.32. The summed E-state index contributed by atoms with van der Waals surface area (Å²) in [4.78, 5) is 14.4. The first-order chi connectivity index (χ1) is 12.2. The number of hydrogen-bond acceptors (Lipinski definition) is 5. The van der Waals surface area contributed by atoms with E-state index in [1.165, 1.54) is 0 Å². The molecule has 6 heteroatoms. The minimum Gasteiger partial charge on any atom is -0.454 e. The van der Waals surface area contributed by atoms with E-state index in [0.29, 0.717) is 5.92 Å². The van der Waals surface area contributed by atoms with Gasteiger partial charge >= 0.3 is 0 Å². The van der Waals surface area contributed by atoms with Crippen molar-refractivity contribution in [2.45, 2.75) is 12.8 Å². The lowest BCUT2D eigenvalue weighted by atomic mass is 9.97. The van der Waals surface area contributed by atoms with Crippen LogP contribution in [0.25, 0.3) is 6.08 Å². The fourth-order valence-corrected chi connectivity index (χ4v) is 3.13. The van der Waals surface area contributed by atoms with Crippen molar-refractivity contribution < 1.29 is 19.0 Å². The lowest BCUT2D eigenvalue weighted by molar-refractivity contribution is -0.116. The Hall–Kier alpha value is -2.05. The molecule has 2 aliphatic heterocycles. The van der Waals surface area contributed by atoms with Crippen LogP contribution in [-0.4, -0.2) is 57.5 Å². The summed E-state index contributed by atoms with van der Waals surface area (Å²) in [5.74, 6) is 1.97. The highest BCUT2D eigenvalue weighted by molar-refractivity contribution is 5.91. The van der Waals surface area contributed by atoms with E-state index in [1.54, 1.807) is 19.3 Å². The van der Waals surface area contributed by atoms with Crippen molar-refractivity contribution in [3.8, 4) is 11.5 Å². The highest BCUT2D eigenvalue weighted by atomic mass is 16.7. The molecule has 0 unspecified atom stereocenters. The van der Waals surface area contributed by atoms with Crippen LogP contribution in [0.15, 0.2) is 24.3 Å². The standard InChI is InChI=1S/C19H26N2O4/c1-23-11-10-21-8-6-16(7-9-21)13-20-19(22)5-3-15-2-4-17-18(12-15)25-14-24-17/h2-5,12,16H,6-11,13-14H2,1H3,(H,20,22)/b5-3+. The third-order valence-corrected chi connectivity index (χ3v) is 4.71. The minimum absolute atomic E-state index is 0.0560. The summed E-state index contributed by atoms with van der Waals surface area (Å²) in [7, 11) is 1.74. The summed E-state index contributed by atoms with van der Waals surface area (Å²) in [5, 5.41) is 3.01. The number of carbonyl (C=O) groups is 1. The molecule has 6 nitrogen and oxygen atoms in total. The zero-order chi connectivity index (χ0) is 17.5. The van der Waals surface area contributed by atoms with Crippen molar-refractivity contribution in [3.05, 3.63) is 29.8 Å². The SMILES string of the molecule is COCCN1CCC(CNC(=O)/C=C/c2ccc3c(c2)OCO3)CC1. The Morgan fingerprint density at radius 1 is 1.32 bits per heavy atom. The molecule has 0 aromatic heterocycles. The number of nitrogens with zero attached hydrogens (tertiary/aromatic N) is 1. The van der Waals surface area contributed by atoms with Crippen molar-refractivity contribution in [1.29, 1.82) is 0 Å². The van der Waals surface area contributed by atoms with Crippen molar-refractivity contribution >= 4 is 12.0 Å². The van der Waals surface area contributed by atoms with Crippen LogP contribution in [0.5, 0.6) is 11.5 Å². The second-order valence-electron chi connectivity index (χ2n) is 6.47. The van der Waals surface area contributed by atoms with E-state index in [4.69, 9.17) is 14.2 Å². The highest BCUT2D eigenvalue weighted by Gasteiger charge is 2.19. The number of ether oxygens (including phenoxy) is 3. The van der Waals surface area contributed by atoms with Gasteiger partial charge in [0.1, 0.15) is 0 Å². The largest absolute Gasteiger partial charge is 0.454 e. The van der Waals surface area contributed by atoms with Crippen LogP contribution >= 0.6 is 0 Å². The Morgan fingerprint density at radius 2 is 2.12 bits per heavy atom. The molecule has 25 heavy (non-hydrogen) atoms. The van der Waals surface area contributed by atoms with Gasteiger partial charge in [0.25, 0.3) is 0 Å². The lowest BCUT2D eigenvalue weighted by Gasteiger charge is -2.31. The zero-order valence-corrected chi connectivity index (χ0v) is 14.7. The molecule has 1 fully saturated rings. The lowest BCUT2D eigenvalue weighted by Crippen LogP contribution is -2.39. The first kappa shape index (κ1) is 17.8. The van der Waals surface area contributed by atoms with E-state index in [1.807, 2.05) is 18.2 Å². The molecule has 1 aromatic carbocycles. The first-order valence-corrected chi connectivity index (χ1v) is 8.81. The van der Waals surface area contributed by atoms with Gasteiger partial charge in [0.15, 0.2) is 11.5 Å². The van der Waals surface area contributed by atoms with Crippen molar-refractivity contribution in [2.75, 3.05) is 46.7 Å². The predicted molar refractivity (Wildman–Crippen MR) is 95.6 cm³/mol. The molecule has 0 bridgehead atoms. The average molecular weight is 346 g/mol. The number of methoxy groups -OCH3 is 1. The number of rotatable bonds is 7. The monoisotopic (exact) mass is 346 g/mol. The number of piperidine rings is 1. The maximum Gasteiger partial charge on any atom is 0.244 e. The van der Waals surface area contributed by atoms with Gasteiger partial charge < -0.3 is 24.4 Å². The Kier molecular flexibility index (Phi) is 6.30. The van der Waals surface area contributed by atoms with Crippen molar-refractivity contribution in [2.24, 2.45) is 5.92 Å². The summed E-state index contributed by atoms with van der Waals surface area (Å²) >= 11 is 0. The predicted octanol–water partition coefficient (Wildman–Crippen LogP) is 1.90. The molecule has 136 valence electrons. The number of fused-ring (bicyclic) bond motifs is 1. The number of carbonyl (C=O) groups excluding carboxylic acids is 1. The maximum atomic E-state index is 12.0. The topological polar surface area (TPSA) is 60.0 Å². The molecule has 0 radical (unpaired) electrons. The fraction of sp³-hybridized carbons (Fsp3) is 0.526. The minimum atomic E-state index is -0.0560. The van der Waals surface area contributed by atoms with E-state index >= 15 is 0 Å². The summed E-state index contributed by atoms with van der Waals surface area (Å²) in [5.41, 5.74) is 0.922. The molecule has 0 spiro atoms. The molecule has 0 aliphatic carbocycles.